The molecule has 12 heteroatoms. The molecule has 280 valence electrons. The molecule has 1 saturated carbocycles. The molecule has 11 nitrogen and oxygen atoms in total. The Balaban J connectivity index is 1.31. The number of ketones is 1. The van der Waals surface area contributed by atoms with E-state index in [0.29, 0.717) is 37.8 Å². The van der Waals surface area contributed by atoms with Crippen LogP contribution in [0.4, 0.5) is 0 Å². The molecule has 1 saturated heterocycles. The summed E-state index contributed by atoms with van der Waals surface area (Å²) in [5.74, 6) is 1.72. The van der Waals surface area contributed by atoms with E-state index in [1.807, 2.05) is 48.3 Å². The third-order valence-electron chi connectivity index (χ3n) is 11.0. The number of benzene rings is 1. The number of imidazole rings is 1. The number of hydrogen-bond donors (Lipinski definition) is 1. The lowest BCUT2D eigenvalue weighted by atomic mass is 9.91. The minimum atomic E-state index is -1.29. The number of carbonyl (C=O) groups excluding carboxylic acids is 2. The summed E-state index contributed by atoms with van der Waals surface area (Å²) in [6, 6.07) is 10.8. The number of fused-ring (bicyclic) bond motifs is 1. The van der Waals surface area contributed by atoms with Crippen LogP contribution in [-0.4, -0.2) is 82.8 Å². The van der Waals surface area contributed by atoms with Crippen LogP contribution in [-0.2, 0) is 21.1 Å². The van der Waals surface area contributed by atoms with Gasteiger partial charge in [0, 0.05) is 57.4 Å². The van der Waals surface area contributed by atoms with Gasteiger partial charge < -0.3 is 24.3 Å². The molecule has 0 unspecified atom stereocenters. The number of carbonyl (C=O) groups is 2. The zero-order chi connectivity index (χ0) is 36.9. The summed E-state index contributed by atoms with van der Waals surface area (Å²) < 4.78 is 16.0. The number of unbranched alkanes of at least 4 members (excludes halogenated alkanes) is 2. The molecular weight excluding hydrogens is 671 g/mol. The van der Waals surface area contributed by atoms with Crippen molar-refractivity contribution in [1.29, 1.82) is 0 Å². The van der Waals surface area contributed by atoms with Crippen LogP contribution in [0.25, 0.3) is 27.8 Å². The van der Waals surface area contributed by atoms with E-state index < -0.39 is 8.07 Å². The van der Waals surface area contributed by atoms with Gasteiger partial charge in [0.2, 0.25) is 11.8 Å². The Morgan fingerprint density at radius 3 is 2.62 bits per heavy atom. The SMILES string of the molecule is CCC(=O)CCCCC[C@H](NC(=O)[C@H]1CC12CCN(C)CC2)c1nc(-c2cc3ccc(-n4cccn4)cc3nc2OC)cn1COCC[Si](C)(C)C. The molecule has 4 heterocycles. The van der Waals surface area contributed by atoms with Crippen LogP contribution in [0, 0.1) is 11.3 Å². The average molecular weight is 728 g/mol. The second kappa shape index (κ2) is 16.4. The Morgan fingerprint density at radius 2 is 1.90 bits per heavy atom. The highest BCUT2D eigenvalue weighted by Gasteiger charge is 2.58. The van der Waals surface area contributed by atoms with E-state index in [2.05, 4.69) is 52.6 Å². The van der Waals surface area contributed by atoms with Crippen LogP contribution in [0.15, 0.2) is 48.9 Å². The molecule has 1 aromatic carbocycles. The number of piperidine rings is 1. The Bertz CT molecular complexity index is 1830. The highest BCUT2D eigenvalue weighted by Crippen LogP contribution is 2.59. The minimum Gasteiger partial charge on any atom is -0.480 e. The lowest BCUT2D eigenvalue weighted by Crippen LogP contribution is -2.36. The maximum Gasteiger partial charge on any atom is 0.224 e. The number of Topliss-reactive ketones (excluding diaryl/α,β-unsaturated/α-hetero) is 1. The Labute approximate surface area is 309 Å². The maximum absolute atomic E-state index is 14.0. The summed E-state index contributed by atoms with van der Waals surface area (Å²) >= 11 is 0. The van der Waals surface area contributed by atoms with Gasteiger partial charge in [-0.25, -0.2) is 14.6 Å². The number of ether oxygens (including phenoxy) is 2. The predicted molar refractivity (Wildman–Crippen MR) is 207 cm³/mol. The summed E-state index contributed by atoms with van der Waals surface area (Å²) in [5.41, 5.74) is 3.33. The van der Waals surface area contributed by atoms with Crippen LogP contribution in [0.1, 0.15) is 76.6 Å². The molecule has 0 radical (unpaired) electrons. The second-order valence-electron chi connectivity index (χ2n) is 16.2. The number of aromatic nitrogens is 5. The van der Waals surface area contributed by atoms with Crippen LogP contribution in [0.2, 0.25) is 25.7 Å². The van der Waals surface area contributed by atoms with Crippen molar-refractivity contribution in [3.8, 4) is 22.8 Å². The molecule has 6 rings (SSSR count). The van der Waals surface area contributed by atoms with Crippen molar-refractivity contribution in [3.05, 3.63) is 54.7 Å². The number of nitrogens with zero attached hydrogens (tertiary/aromatic N) is 6. The third kappa shape index (κ3) is 9.19. The molecular formula is C40H57N7O4Si. The van der Waals surface area contributed by atoms with Crippen LogP contribution in [0.3, 0.4) is 0 Å². The molecule has 1 aliphatic heterocycles. The van der Waals surface area contributed by atoms with Gasteiger partial charge in [-0.15, -0.1) is 0 Å². The van der Waals surface area contributed by atoms with Crippen molar-refractivity contribution in [2.45, 2.75) is 103 Å². The predicted octanol–water partition coefficient (Wildman–Crippen LogP) is 7.42. The zero-order valence-electron chi connectivity index (χ0n) is 32.0. The van der Waals surface area contributed by atoms with Gasteiger partial charge >= 0.3 is 0 Å². The van der Waals surface area contributed by atoms with Crippen molar-refractivity contribution in [1.82, 2.24) is 34.5 Å². The largest absolute Gasteiger partial charge is 0.480 e. The molecule has 1 N–H and O–H groups in total. The summed E-state index contributed by atoms with van der Waals surface area (Å²) in [4.78, 5) is 38.5. The Kier molecular flexibility index (Phi) is 12.0. The normalized spacial score (nSPS) is 17.8. The molecule has 2 fully saturated rings. The lowest BCUT2D eigenvalue weighted by Gasteiger charge is -2.30. The quantitative estimate of drug-likeness (QED) is 0.0832. The first-order valence-corrected chi connectivity index (χ1v) is 22.8. The summed E-state index contributed by atoms with van der Waals surface area (Å²) in [6.07, 6.45) is 13.3. The smallest absolute Gasteiger partial charge is 0.224 e. The summed E-state index contributed by atoms with van der Waals surface area (Å²) in [6.45, 7) is 12.1. The van der Waals surface area contributed by atoms with Gasteiger partial charge in [0.25, 0.3) is 0 Å². The molecule has 52 heavy (non-hydrogen) atoms. The average Bonchev–Trinajstić information content (AvgIpc) is 3.42. The van der Waals surface area contributed by atoms with Gasteiger partial charge in [-0.3, -0.25) is 9.59 Å². The number of nitrogens with one attached hydrogen (secondary N) is 1. The van der Waals surface area contributed by atoms with Gasteiger partial charge in [-0.1, -0.05) is 45.5 Å². The molecule has 2 atom stereocenters. The number of rotatable bonds is 18. The van der Waals surface area contributed by atoms with Crippen molar-refractivity contribution in [2.24, 2.45) is 11.3 Å². The molecule has 4 aromatic rings. The van der Waals surface area contributed by atoms with Gasteiger partial charge in [0.1, 0.15) is 18.3 Å². The zero-order valence-corrected chi connectivity index (χ0v) is 33.0. The fourth-order valence-corrected chi connectivity index (χ4v) is 8.18. The van der Waals surface area contributed by atoms with Crippen molar-refractivity contribution in [2.75, 3.05) is 33.9 Å². The molecule has 3 aromatic heterocycles. The number of amides is 1. The summed E-state index contributed by atoms with van der Waals surface area (Å²) in [7, 11) is 2.50. The molecule has 0 bridgehead atoms. The minimum absolute atomic E-state index is 0.0400. The Morgan fingerprint density at radius 1 is 1.10 bits per heavy atom. The van der Waals surface area contributed by atoms with E-state index in [0.717, 1.165) is 97.8 Å². The monoisotopic (exact) mass is 727 g/mol. The van der Waals surface area contributed by atoms with Crippen molar-refractivity contribution in [3.63, 3.8) is 0 Å². The first-order chi connectivity index (χ1) is 25.0. The number of likely N-dealkylation sites (tertiary alicyclic amines) is 1. The van der Waals surface area contributed by atoms with E-state index in [-0.39, 0.29) is 23.3 Å². The van der Waals surface area contributed by atoms with E-state index in [4.69, 9.17) is 19.4 Å². The van der Waals surface area contributed by atoms with Crippen molar-refractivity contribution >= 4 is 30.7 Å². The van der Waals surface area contributed by atoms with Gasteiger partial charge in [0.15, 0.2) is 0 Å². The van der Waals surface area contributed by atoms with E-state index in [1.54, 1.807) is 13.3 Å². The van der Waals surface area contributed by atoms with Crippen LogP contribution >= 0.6 is 0 Å². The van der Waals surface area contributed by atoms with Crippen molar-refractivity contribution < 1.29 is 19.1 Å². The van der Waals surface area contributed by atoms with Crippen LogP contribution in [0.5, 0.6) is 5.88 Å². The second-order valence-corrected chi connectivity index (χ2v) is 21.8. The molecule has 1 amide bonds. The highest BCUT2D eigenvalue weighted by molar-refractivity contribution is 6.76. The van der Waals surface area contributed by atoms with Crippen LogP contribution < -0.4 is 10.1 Å². The fourth-order valence-electron chi connectivity index (χ4n) is 7.42. The summed E-state index contributed by atoms with van der Waals surface area (Å²) in [5, 5.41) is 8.80. The number of methoxy groups -OCH3 is 1. The molecule has 1 aliphatic carbocycles. The first-order valence-electron chi connectivity index (χ1n) is 19.1. The lowest BCUT2D eigenvalue weighted by molar-refractivity contribution is -0.124. The third-order valence-corrected chi connectivity index (χ3v) is 12.7. The standard InChI is InChI=1S/C40H57N7O4Si/c1-7-31(48)12-9-8-10-13-34(43-38(49)33-26-40(33)16-20-45(2)21-17-40)37-42-36(27-46(37)28-51-22-23-52(4,5)6)32-24-29-14-15-30(47-19-11-18-41-47)25-35(29)44-39(32)50-3/h11,14-15,18-19,24-25,27,33-34H,7-10,12-13,16-17,20-23,26,28H2,1-6H3,(H,43,49)/t33-,34+/m1/s1. The molecule has 1 spiro atoms. The van der Waals surface area contributed by atoms with E-state index in [1.165, 1.54) is 0 Å². The first kappa shape index (κ1) is 37.9. The Hall–Kier alpha value is -3.87. The molecule has 2 aliphatic rings. The van der Waals surface area contributed by atoms with Gasteiger partial charge in [-0.05, 0) is 88.0 Å². The maximum atomic E-state index is 14.0. The topological polar surface area (TPSA) is 116 Å². The van der Waals surface area contributed by atoms with E-state index in [9.17, 15) is 9.59 Å². The van der Waals surface area contributed by atoms with E-state index >= 15 is 0 Å². The number of hydrogen-bond acceptors (Lipinski definition) is 8. The van der Waals surface area contributed by atoms with Gasteiger partial charge in [-0.2, -0.15) is 5.10 Å². The fraction of sp³-hybridized carbons (Fsp3) is 0.575. The van der Waals surface area contributed by atoms with Gasteiger partial charge in [0.05, 0.1) is 35.6 Å². The number of pyridine rings is 1. The highest BCUT2D eigenvalue weighted by atomic mass is 28.3.